The molecular weight excluding hydrogens is 815 g/mol. The van der Waals surface area contributed by atoms with Crippen LogP contribution in [0.5, 0.6) is 0 Å². The summed E-state index contributed by atoms with van der Waals surface area (Å²) < 4.78 is 59.4. The highest BCUT2D eigenvalue weighted by Crippen LogP contribution is 2.53. The van der Waals surface area contributed by atoms with Crippen LogP contribution >= 0.6 is 0 Å². The largest absolute Gasteiger partial charge is 0.353 e. The van der Waals surface area contributed by atoms with Crippen LogP contribution in [0.25, 0.3) is 33.5 Å². The molecule has 2 aliphatic carbocycles. The number of carbonyl (C=O) groups excluding carboxylic acids is 1. The first-order valence-corrected chi connectivity index (χ1v) is 22.9. The van der Waals surface area contributed by atoms with Crippen LogP contribution in [0.3, 0.4) is 0 Å². The van der Waals surface area contributed by atoms with Crippen LogP contribution in [0.15, 0.2) is 101 Å². The summed E-state index contributed by atoms with van der Waals surface area (Å²) in [6.07, 6.45) is 6.23. The van der Waals surface area contributed by atoms with Gasteiger partial charge >= 0.3 is 0 Å². The number of amides is 1. The summed E-state index contributed by atoms with van der Waals surface area (Å²) in [5.41, 5.74) is 11.5. The molecule has 1 amide bonds. The number of fused-ring (bicyclic) bond motifs is 6. The van der Waals surface area contributed by atoms with E-state index >= 15 is 0 Å². The van der Waals surface area contributed by atoms with Crippen LogP contribution in [0.4, 0.5) is 0 Å². The highest BCUT2D eigenvalue weighted by molar-refractivity contribution is 7.90. The van der Waals surface area contributed by atoms with Crippen molar-refractivity contribution in [2.75, 3.05) is 0 Å². The van der Waals surface area contributed by atoms with Crippen molar-refractivity contribution in [3.8, 4) is 0 Å². The molecule has 2 fully saturated rings. The van der Waals surface area contributed by atoms with E-state index in [4.69, 9.17) is 5.73 Å². The van der Waals surface area contributed by atoms with Gasteiger partial charge in [-0.15, -0.1) is 20.4 Å². The van der Waals surface area contributed by atoms with Gasteiger partial charge in [0.15, 0.2) is 16.9 Å². The summed E-state index contributed by atoms with van der Waals surface area (Å²) in [6, 6.07) is 20.9. The third-order valence-corrected chi connectivity index (χ3v) is 16.4. The monoisotopic (exact) mass is 861 g/mol. The van der Waals surface area contributed by atoms with Crippen molar-refractivity contribution < 1.29 is 21.6 Å². The third kappa shape index (κ3) is 6.33. The first-order valence-electron chi connectivity index (χ1n) is 20.0. The second-order valence-electron chi connectivity index (χ2n) is 17.5. The third-order valence-electron chi connectivity index (χ3n) is 13.0. The van der Waals surface area contributed by atoms with Crippen LogP contribution in [-0.4, -0.2) is 77.0 Å². The molecule has 0 bridgehead atoms. The quantitative estimate of drug-likeness (QED) is 0.198. The molecule has 316 valence electrons. The van der Waals surface area contributed by atoms with Gasteiger partial charge in [0, 0.05) is 43.2 Å². The maximum atomic E-state index is 13.3. The maximum Gasteiger partial charge on any atom is 0.269 e. The zero-order valence-corrected chi connectivity index (χ0v) is 36.5. The molecule has 0 unspecified atom stereocenters. The van der Waals surface area contributed by atoms with E-state index in [0.717, 1.165) is 41.1 Å². The second kappa shape index (κ2) is 14.0. The number of hydrogen-bond acceptors (Lipinski definition) is 11. The Hall–Kier alpha value is -5.98. The van der Waals surface area contributed by atoms with Gasteiger partial charge in [0.25, 0.3) is 20.0 Å². The van der Waals surface area contributed by atoms with Gasteiger partial charge in [-0.1, -0.05) is 63.1 Å². The molecule has 6 aromatic heterocycles. The normalized spacial score (nSPS) is 20.9. The number of aryl methyl sites for hydroxylation is 2. The summed E-state index contributed by atoms with van der Waals surface area (Å²) in [5.74, 6) is 1.75. The molecule has 18 heteroatoms. The van der Waals surface area contributed by atoms with Gasteiger partial charge in [0.1, 0.15) is 11.6 Å². The SMILES string of the molecule is CC(=O)N[C@@H]1C[C@H](c2nnc3cnc4c(ccn4S(=O)(=O)c4ccc(C)cc4)n23)C1(C)C.Cc1ccc(S(=O)(=O)n2ccc3c2ccc2nnc([C@H]4C[C@@H](N)C4(C)C)n23)cc1. The molecule has 2 aliphatic rings. The van der Waals surface area contributed by atoms with E-state index in [9.17, 15) is 21.6 Å². The summed E-state index contributed by atoms with van der Waals surface area (Å²) in [5, 5.41) is 20.4. The number of nitrogens with one attached hydrogen (secondary N) is 1. The molecule has 6 heterocycles. The summed E-state index contributed by atoms with van der Waals surface area (Å²) >= 11 is 0. The molecule has 2 aromatic carbocycles. The average molecular weight is 862 g/mol. The minimum Gasteiger partial charge on any atom is -0.353 e. The van der Waals surface area contributed by atoms with Gasteiger partial charge < -0.3 is 11.1 Å². The number of aromatic nitrogens is 9. The van der Waals surface area contributed by atoms with Gasteiger partial charge in [0.05, 0.1) is 32.5 Å². The predicted molar refractivity (Wildman–Crippen MR) is 230 cm³/mol. The van der Waals surface area contributed by atoms with Gasteiger partial charge in [-0.05, 0) is 86.1 Å². The second-order valence-corrected chi connectivity index (χ2v) is 21.1. The smallest absolute Gasteiger partial charge is 0.269 e. The topological polar surface area (TPSA) is 207 Å². The van der Waals surface area contributed by atoms with E-state index in [1.165, 1.54) is 27.3 Å². The van der Waals surface area contributed by atoms with E-state index < -0.39 is 20.0 Å². The van der Waals surface area contributed by atoms with Gasteiger partial charge in [-0.3, -0.25) is 13.6 Å². The number of benzene rings is 2. The van der Waals surface area contributed by atoms with Crippen molar-refractivity contribution in [3.05, 3.63) is 114 Å². The number of nitrogens with zero attached hydrogens (tertiary/aromatic N) is 9. The van der Waals surface area contributed by atoms with Gasteiger partial charge in [-0.25, -0.2) is 29.8 Å². The van der Waals surface area contributed by atoms with Gasteiger partial charge in [-0.2, -0.15) is 0 Å². The van der Waals surface area contributed by atoms with Gasteiger partial charge in [0.2, 0.25) is 5.91 Å². The molecular formula is C43H47N11O5S2. The van der Waals surface area contributed by atoms with Crippen LogP contribution in [-0.2, 0) is 24.8 Å². The molecule has 10 rings (SSSR count). The number of rotatable bonds is 7. The van der Waals surface area contributed by atoms with Crippen molar-refractivity contribution >= 4 is 59.4 Å². The number of pyridine rings is 1. The maximum absolute atomic E-state index is 13.3. The Morgan fingerprint density at radius 1 is 0.656 bits per heavy atom. The summed E-state index contributed by atoms with van der Waals surface area (Å²) in [4.78, 5) is 16.4. The molecule has 3 N–H and O–H groups in total. The summed E-state index contributed by atoms with van der Waals surface area (Å²) in [6.45, 7) is 13.8. The Bertz CT molecular complexity index is 3250. The van der Waals surface area contributed by atoms with Crippen molar-refractivity contribution in [1.29, 1.82) is 0 Å². The van der Waals surface area contributed by atoms with Crippen molar-refractivity contribution in [2.24, 2.45) is 16.6 Å². The van der Waals surface area contributed by atoms with E-state index in [0.29, 0.717) is 28.0 Å². The molecule has 0 radical (unpaired) electrons. The fourth-order valence-corrected chi connectivity index (χ4v) is 11.4. The van der Waals surface area contributed by atoms with E-state index in [1.54, 1.807) is 66.9 Å². The van der Waals surface area contributed by atoms with Crippen molar-refractivity contribution in [3.63, 3.8) is 0 Å². The fraction of sp³-hybridized carbons (Fsp3) is 0.349. The molecule has 4 atom stereocenters. The lowest BCUT2D eigenvalue weighted by atomic mass is 9.58. The molecule has 2 saturated carbocycles. The van der Waals surface area contributed by atoms with Crippen LogP contribution in [0.2, 0.25) is 0 Å². The number of hydrogen-bond donors (Lipinski definition) is 2. The Morgan fingerprint density at radius 2 is 1.18 bits per heavy atom. The zero-order valence-electron chi connectivity index (χ0n) is 34.8. The Labute approximate surface area is 352 Å². The molecule has 61 heavy (non-hydrogen) atoms. The molecule has 16 nitrogen and oxygen atoms in total. The lowest BCUT2D eigenvalue weighted by molar-refractivity contribution is -0.122. The highest BCUT2D eigenvalue weighted by atomic mass is 32.2. The van der Waals surface area contributed by atoms with Crippen molar-refractivity contribution in [1.82, 2.24) is 47.4 Å². The Morgan fingerprint density at radius 3 is 1.74 bits per heavy atom. The van der Waals surface area contributed by atoms with Crippen LogP contribution in [0.1, 0.15) is 82.1 Å². The fourth-order valence-electron chi connectivity index (χ4n) is 8.79. The van der Waals surface area contributed by atoms with E-state index in [1.807, 2.05) is 34.8 Å². The van der Waals surface area contributed by atoms with E-state index in [2.05, 4.69) is 58.4 Å². The first-order chi connectivity index (χ1) is 28.8. The van der Waals surface area contributed by atoms with E-state index in [-0.39, 0.29) is 50.4 Å². The van der Waals surface area contributed by atoms with Crippen LogP contribution < -0.4 is 11.1 Å². The molecule has 0 spiro atoms. The van der Waals surface area contributed by atoms with Crippen LogP contribution in [0, 0.1) is 24.7 Å². The zero-order chi connectivity index (χ0) is 43.4. The minimum absolute atomic E-state index is 0.0428. The minimum atomic E-state index is -3.81. The molecule has 0 saturated heterocycles. The molecule has 8 aromatic rings. The Kier molecular flexibility index (Phi) is 9.30. The number of carbonyl (C=O) groups is 1. The first kappa shape index (κ1) is 40.4. The predicted octanol–water partition coefficient (Wildman–Crippen LogP) is 5.71. The highest BCUT2D eigenvalue weighted by Gasteiger charge is 2.51. The summed E-state index contributed by atoms with van der Waals surface area (Å²) in [7, 11) is -7.51. The lowest BCUT2D eigenvalue weighted by Gasteiger charge is -2.51. The van der Waals surface area contributed by atoms with Crippen molar-refractivity contribution in [2.45, 2.75) is 95.0 Å². The molecule has 0 aliphatic heterocycles. The number of nitrogens with two attached hydrogens (primary N) is 1. The standard InChI is InChI=1S/C22H24N6O3S.C21H23N5O2S/c1-13-5-7-15(8-6-13)32(30,31)27-10-9-17-21(27)23-12-19-25-26-20(28(17)19)16-11-18(22(16,3)4)24-14(2)29;1-13-4-6-14(7-5-13)29(27,28)25-11-10-17-16(25)8-9-19-23-24-20(26(17)19)15-12-18(22)21(15,2)3/h5-10,12,16,18H,11H2,1-4H3,(H,24,29);4-11,15,18H,12,22H2,1-3H3/t16-,18-;15-,18-/m11/s1. The Balaban J connectivity index is 0.000000157. The lowest BCUT2D eigenvalue weighted by Crippen LogP contribution is -2.57. The average Bonchev–Trinajstić information content (AvgIpc) is 4.03.